The zero-order valence-electron chi connectivity index (χ0n) is 10.9. The first-order valence-electron chi connectivity index (χ1n) is 5.96. The molecule has 1 aromatic carbocycles. The Hall–Kier alpha value is -0.750. The molecule has 0 spiro atoms. The first-order chi connectivity index (χ1) is 9.45. The van der Waals surface area contributed by atoms with E-state index in [1.165, 1.54) is 0 Å². The highest BCUT2D eigenvalue weighted by atomic mass is 79.9. The Morgan fingerprint density at radius 1 is 1.35 bits per heavy atom. The molecule has 108 valence electrons. The van der Waals surface area contributed by atoms with Crippen molar-refractivity contribution in [2.75, 3.05) is 0 Å². The van der Waals surface area contributed by atoms with E-state index in [1.807, 2.05) is 0 Å². The lowest BCUT2D eigenvalue weighted by molar-refractivity contribution is 0.331. The van der Waals surface area contributed by atoms with Crippen molar-refractivity contribution in [3.63, 3.8) is 0 Å². The van der Waals surface area contributed by atoms with Crippen molar-refractivity contribution in [1.82, 2.24) is 10.3 Å². The summed E-state index contributed by atoms with van der Waals surface area (Å²) in [6.07, 6.45) is 1.67. The second-order valence-corrected chi connectivity index (χ2v) is 6.11. The van der Waals surface area contributed by atoms with Gasteiger partial charge in [-0.3, -0.25) is 0 Å². The first kappa shape index (κ1) is 15.6. The summed E-state index contributed by atoms with van der Waals surface area (Å²) in [7, 11) is 0. The molecular weight excluding hydrogens is 367 g/mol. The fourth-order valence-corrected chi connectivity index (χ4v) is 2.23. The van der Waals surface area contributed by atoms with E-state index in [9.17, 15) is 0 Å². The van der Waals surface area contributed by atoms with E-state index in [-0.39, 0.29) is 6.08 Å². The van der Waals surface area contributed by atoms with E-state index in [1.54, 1.807) is 18.4 Å². The fraction of sp³-hybridized carbons (Fsp3) is 0.308. The van der Waals surface area contributed by atoms with Crippen molar-refractivity contribution >= 4 is 39.1 Å². The standard InChI is InChI=1S/C13H13BrCl2N2O2/c1-7(2)17-5-8-6-19-13(18-8)20-12-4-10(15)9(14)3-11(12)16/h3-4,6-7,17H,5H2,1-2H3. The molecule has 7 heteroatoms. The van der Waals surface area contributed by atoms with Crippen molar-refractivity contribution in [3.8, 4) is 11.8 Å². The SMILES string of the molecule is CC(C)NCc1coc(Oc2cc(Cl)c(Br)cc2Cl)n1. The van der Waals surface area contributed by atoms with E-state index in [4.69, 9.17) is 32.4 Å². The number of ether oxygens (including phenoxy) is 1. The number of aromatic nitrogens is 1. The van der Waals surface area contributed by atoms with E-state index >= 15 is 0 Å². The van der Waals surface area contributed by atoms with Gasteiger partial charge in [-0.15, -0.1) is 0 Å². The van der Waals surface area contributed by atoms with Gasteiger partial charge in [-0.25, -0.2) is 0 Å². The highest BCUT2D eigenvalue weighted by Gasteiger charge is 2.12. The fourth-order valence-electron chi connectivity index (χ4n) is 1.40. The molecule has 1 N–H and O–H groups in total. The van der Waals surface area contributed by atoms with Gasteiger partial charge in [-0.1, -0.05) is 37.0 Å². The van der Waals surface area contributed by atoms with Crippen LogP contribution in [-0.4, -0.2) is 11.0 Å². The number of nitrogens with one attached hydrogen (secondary N) is 1. The Morgan fingerprint density at radius 3 is 2.80 bits per heavy atom. The molecule has 2 aromatic rings. The zero-order chi connectivity index (χ0) is 14.7. The predicted octanol–water partition coefficient (Wildman–Crippen LogP) is 5.03. The minimum absolute atomic E-state index is 0.130. The highest BCUT2D eigenvalue weighted by Crippen LogP contribution is 2.36. The van der Waals surface area contributed by atoms with Crippen LogP contribution >= 0.6 is 39.1 Å². The molecule has 0 radical (unpaired) electrons. The van der Waals surface area contributed by atoms with Gasteiger partial charge in [0.15, 0.2) is 5.75 Å². The van der Waals surface area contributed by atoms with Crippen LogP contribution in [0.5, 0.6) is 11.8 Å². The van der Waals surface area contributed by atoms with Crippen LogP contribution in [0.1, 0.15) is 19.5 Å². The minimum atomic E-state index is 0.130. The molecule has 0 unspecified atom stereocenters. The molecule has 0 saturated heterocycles. The summed E-state index contributed by atoms with van der Waals surface area (Å²) in [6.45, 7) is 4.72. The molecule has 0 bridgehead atoms. The van der Waals surface area contributed by atoms with Gasteiger partial charge in [0.1, 0.15) is 6.26 Å². The van der Waals surface area contributed by atoms with E-state index in [0.29, 0.717) is 32.9 Å². The van der Waals surface area contributed by atoms with Gasteiger partial charge in [-0.2, -0.15) is 4.98 Å². The van der Waals surface area contributed by atoms with Gasteiger partial charge in [0.25, 0.3) is 0 Å². The zero-order valence-corrected chi connectivity index (χ0v) is 14.0. The molecular formula is C13H13BrCl2N2O2. The molecule has 1 heterocycles. The largest absolute Gasteiger partial charge is 0.417 e. The first-order valence-corrected chi connectivity index (χ1v) is 7.51. The summed E-state index contributed by atoms with van der Waals surface area (Å²) < 4.78 is 11.4. The molecule has 4 nitrogen and oxygen atoms in total. The van der Waals surface area contributed by atoms with Gasteiger partial charge < -0.3 is 14.5 Å². The third-order valence-electron chi connectivity index (χ3n) is 2.39. The molecule has 2 rings (SSSR count). The number of nitrogens with zero attached hydrogens (tertiary/aromatic N) is 1. The molecule has 0 aliphatic rings. The number of hydrogen-bond donors (Lipinski definition) is 1. The Morgan fingerprint density at radius 2 is 2.10 bits per heavy atom. The minimum Gasteiger partial charge on any atom is -0.417 e. The topological polar surface area (TPSA) is 47.3 Å². The number of oxazole rings is 1. The van der Waals surface area contributed by atoms with Crippen LogP contribution < -0.4 is 10.1 Å². The summed E-state index contributed by atoms with van der Waals surface area (Å²) in [6, 6.07) is 3.63. The molecule has 0 atom stereocenters. The Bertz CT molecular complexity index is 602. The van der Waals surface area contributed by atoms with Crippen LogP contribution in [0.3, 0.4) is 0 Å². The van der Waals surface area contributed by atoms with E-state index in [2.05, 4.69) is 40.1 Å². The summed E-state index contributed by atoms with van der Waals surface area (Å²) >= 11 is 15.3. The number of rotatable bonds is 5. The van der Waals surface area contributed by atoms with Gasteiger partial charge in [0.05, 0.1) is 15.7 Å². The molecule has 20 heavy (non-hydrogen) atoms. The quantitative estimate of drug-likeness (QED) is 0.739. The maximum absolute atomic E-state index is 6.07. The van der Waals surface area contributed by atoms with Gasteiger partial charge in [0, 0.05) is 23.1 Å². The maximum atomic E-state index is 6.07. The third-order valence-corrected chi connectivity index (χ3v) is 3.89. The Kier molecular flexibility index (Phi) is 5.32. The molecule has 0 saturated carbocycles. The molecule has 0 fully saturated rings. The van der Waals surface area contributed by atoms with Crippen LogP contribution in [0.2, 0.25) is 10.0 Å². The number of halogens is 3. The molecule has 0 amide bonds. The Balaban J connectivity index is 2.09. The monoisotopic (exact) mass is 378 g/mol. The summed E-state index contributed by atoms with van der Waals surface area (Å²) in [5.74, 6) is 0.394. The van der Waals surface area contributed by atoms with Crippen LogP contribution in [-0.2, 0) is 6.54 Å². The normalized spacial score (nSPS) is 11.1. The van der Waals surface area contributed by atoms with Crippen molar-refractivity contribution in [1.29, 1.82) is 0 Å². The van der Waals surface area contributed by atoms with Crippen LogP contribution in [0.25, 0.3) is 0 Å². The van der Waals surface area contributed by atoms with Crippen LogP contribution in [0.15, 0.2) is 27.3 Å². The van der Waals surface area contributed by atoms with Gasteiger partial charge in [0.2, 0.25) is 0 Å². The van der Waals surface area contributed by atoms with Crippen molar-refractivity contribution in [2.24, 2.45) is 0 Å². The summed E-state index contributed by atoms with van der Waals surface area (Å²) in [5.41, 5.74) is 0.757. The van der Waals surface area contributed by atoms with E-state index < -0.39 is 0 Å². The molecule has 1 aromatic heterocycles. The lowest BCUT2D eigenvalue weighted by Crippen LogP contribution is -2.21. The average Bonchev–Trinajstić information content (AvgIpc) is 2.81. The van der Waals surface area contributed by atoms with Crippen LogP contribution in [0.4, 0.5) is 0 Å². The van der Waals surface area contributed by atoms with Gasteiger partial charge >= 0.3 is 6.08 Å². The second kappa shape index (κ2) is 6.80. The molecule has 0 aliphatic carbocycles. The van der Waals surface area contributed by atoms with Crippen molar-refractivity contribution in [3.05, 3.63) is 38.6 Å². The average molecular weight is 380 g/mol. The van der Waals surface area contributed by atoms with Crippen molar-refractivity contribution < 1.29 is 9.15 Å². The second-order valence-electron chi connectivity index (χ2n) is 4.44. The Labute approximate surface area is 135 Å². The number of benzene rings is 1. The highest BCUT2D eigenvalue weighted by molar-refractivity contribution is 9.10. The maximum Gasteiger partial charge on any atom is 0.399 e. The van der Waals surface area contributed by atoms with Crippen LogP contribution in [0, 0.1) is 0 Å². The summed E-state index contributed by atoms with van der Waals surface area (Å²) in [5, 5.41) is 4.15. The molecule has 0 aliphatic heterocycles. The number of hydrogen-bond acceptors (Lipinski definition) is 4. The third kappa shape index (κ3) is 4.12. The van der Waals surface area contributed by atoms with E-state index in [0.717, 1.165) is 5.69 Å². The smallest absolute Gasteiger partial charge is 0.399 e. The van der Waals surface area contributed by atoms with Gasteiger partial charge in [-0.05, 0) is 22.0 Å². The van der Waals surface area contributed by atoms with Crippen molar-refractivity contribution in [2.45, 2.75) is 26.4 Å². The predicted molar refractivity (Wildman–Crippen MR) is 82.7 cm³/mol. The lowest BCUT2D eigenvalue weighted by atomic mass is 10.3. The summed E-state index contributed by atoms with van der Waals surface area (Å²) in [4.78, 5) is 4.21. The lowest BCUT2D eigenvalue weighted by Gasteiger charge is -2.05.